The Hall–Kier alpha value is -2.41. The molecule has 1 amide bonds. The van der Waals surface area contributed by atoms with Crippen LogP contribution < -0.4 is 4.90 Å². The summed E-state index contributed by atoms with van der Waals surface area (Å²) in [5.41, 5.74) is 2.13. The molecule has 1 atom stereocenters. The van der Waals surface area contributed by atoms with Gasteiger partial charge >= 0.3 is 6.01 Å². The highest BCUT2D eigenvalue weighted by Crippen LogP contribution is 2.22. The number of carbonyl (C=O) groups excluding carboxylic acids is 1. The molecule has 2 aliphatic rings. The van der Waals surface area contributed by atoms with E-state index in [0.29, 0.717) is 44.6 Å². The van der Waals surface area contributed by atoms with E-state index in [1.54, 1.807) is 0 Å². The molecule has 0 bridgehead atoms. The maximum atomic E-state index is 12.4. The van der Waals surface area contributed by atoms with Gasteiger partial charge in [0.05, 0.1) is 0 Å². The summed E-state index contributed by atoms with van der Waals surface area (Å²) in [6.07, 6.45) is 1.56. The van der Waals surface area contributed by atoms with Crippen molar-refractivity contribution in [2.45, 2.75) is 25.9 Å². The topological polar surface area (TPSA) is 71.7 Å². The molecule has 4 rings (SSSR count). The molecule has 0 unspecified atom stereocenters. The molecular formula is C18H22N4O3. The number of aromatic nitrogens is 2. The van der Waals surface area contributed by atoms with E-state index in [0.717, 1.165) is 18.4 Å². The number of anilines is 1. The van der Waals surface area contributed by atoms with Gasteiger partial charge in [-0.1, -0.05) is 35.0 Å². The van der Waals surface area contributed by atoms with Crippen LogP contribution in [0.1, 0.15) is 18.4 Å². The highest BCUT2D eigenvalue weighted by molar-refractivity contribution is 5.81. The second kappa shape index (κ2) is 6.84. The molecular weight excluding hydrogens is 320 g/mol. The quantitative estimate of drug-likeness (QED) is 0.848. The van der Waals surface area contributed by atoms with Crippen molar-refractivity contribution < 1.29 is 14.1 Å². The van der Waals surface area contributed by atoms with E-state index in [2.05, 4.69) is 10.1 Å². The summed E-state index contributed by atoms with van der Waals surface area (Å²) >= 11 is 0. The minimum absolute atomic E-state index is 0.114. The van der Waals surface area contributed by atoms with Crippen molar-refractivity contribution in [3.05, 3.63) is 29.8 Å². The van der Waals surface area contributed by atoms with Gasteiger partial charge in [-0.25, -0.2) is 0 Å². The number of rotatable bonds is 3. The lowest BCUT2D eigenvalue weighted by Gasteiger charge is -2.34. The van der Waals surface area contributed by atoms with Crippen LogP contribution in [-0.4, -0.2) is 59.8 Å². The van der Waals surface area contributed by atoms with Gasteiger partial charge in [-0.3, -0.25) is 4.79 Å². The Kier molecular flexibility index (Phi) is 4.40. The number of benzene rings is 1. The van der Waals surface area contributed by atoms with Gasteiger partial charge in [-0.15, -0.1) is 0 Å². The van der Waals surface area contributed by atoms with Crippen molar-refractivity contribution in [3.8, 4) is 11.4 Å². The van der Waals surface area contributed by atoms with Gasteiger partial charge in [0.2, 0.25) is 5.82 Å². The summed E-state index contributed by atoms with van der Waals surface area (Å²) in [6, 6.07) is 8.55. The Morgan fingerprint density at radius 3 is 2.60 bits per heavy atom. The molecule has 1 aromatic carbocycles. The predicted octanol–water partition coefficient (Wildman–Crippen LogP) is 1.87. The van der Waals surface area contributed by atoms with Crippen molar-refractivity contribution in [3.63, 3.8) is 0 Å². The number of carbonyl (C=O) groups is 1. The predicted molar refractivity (Wildman–Crippen MR) is 92.2 cm³/mol. The first-order valence-electron chi connectivity index (χ1n) is 8.77. The summed E-state index contributed by atoms with van der Waals surface area (Å²) in [5, 5.41) is 4.08. The number of hydrogen-bond donors (Lipinski definition) is 0. The normalized spacial score (nSPS) is 20.9. The fourth-order valence-corrected chi connectivity index (χ4v) is 3.26. The lowest BCUT2D eigenvalue weighted by Crippen LogP contribution is -2.51. The third-order valence-corrected chi connectivity index (χ3v) is 4.79. The average Bonchev–Trinajstić information content (AvgIpc) is 3.34. The fourth-order valence-electron chi connectivity index (χ4n) is 3.26. The number of amides is 1. The average molecular weight is 342 g/mol. The van der Waals surface area contributed by atoms with Crippen LogP contribution >= 0.6 is 0 Å². The van der Waals surface area contributed by atoms with Gasteiger partial charge in [0, 0.05) is 38.3 Å². The molecule has 0 radical (unpaired) electrons. The molecule has 7 heteroatoms. The lowest BCUT2D eigenvalue weighted by molar-refractivity contribution is -0.141. The van der Waals surface area contributed by atoms with Gasteiger partial charge in [-0.05, 0) is 19.8 Å². The molecule has 25 heavy (non-hydrogen) atoms. The van der Waals surface area contributed by atoms with E-state index < -0.39 is 0 Å². The summed E-state index contributed by atoms with van der Waals surface area (Å²) < 4.78 is 10.9. The highest BCUT2D eigenvalue weighted by atomic mass is 16.5. The van der Waals surface area contributed by atoms with Crippen molar-refractivity contribution in [1.29, 1.82) is 0 Å². The van der Waals surface area contributed by atoms with Crippen LogP contribution in [0.2, 0.25) is 0 Å². The van der Waals surface area contributed by atoms with Crippen LogP contribution in [0.15, 0.2) is 28.8 Å². The lowest BCUT2D eigenvalue weighted by atomic mass is 10.1. The minimum atomic E-state index is -0.247. The van der Waals surface area contributed by atoms with E-state index in [1.807, 2.05) is 41.0 Å². The minimum Gasteiger partial charge on any atom is -0.368 e. The van der Waals surface area contributed by atoms with Gasteiger partial charge < -0.3 is 19.1 Å². The zero-order valence-electron chi connectivity index (χ0n) is 14.4. The Balaban J connectivity index is 1.38. The summed E-state index contributed by atoms with van der Waals surface area (Å²) in [6.45, 7) is 5.42. The maximum Gasteiger partial charge on any atom is 0.324 e. The van der Waals surface area contributed by atoms with Crippen LogP contribution in [0.4, 0.5) is 6.01 Å². The first-order chi connectivity index (χ1) is 12.2. The van der Waals surface area contributed by atoms with E-state index in [1.165, 1.54) is 5.56 Å². The summed E-state index contributed by atoms with van der Waals surface area (Å²) in [5.74, 6) is 0.705. The van der Waals surface area contributed by atoms with E-state index in [-0.39, 0.29) is 12.0 Å². The molecule has 2 aliphatic heterocycles. The molecule has 2 saturated heterocycles. The zero-order valence-corrected chi connectivity index (χ0v) is 14.4. The van der Waals surface area contributed by atoms with Crippen molar-refractivity contribution >= 4 is 11.9 Å². The standard InChI is InChI=1S/C18H22N4O3/c1-13-4-6-14(7-5-13)16-19-18(25-20-16)22-10-8-21(9-11-22)17(23)15-3-2-12-24-15/h4-7,15H,2-3,8-12H2,1H3/t15-/m0/s1. The number of ether oxygens (including phenoxy) is 1. The number of hydrogen-bond acceptors (Lipinski definition) is 6. The first kappa shape index (κ1) is 16.1. The van der Waals surface area contributed by atoms with Crippen LogP contribution in [0.25, 0.3) is 11.4 Å². The third kappa shape index (κ3) is 3.37. The molecule has 0 N–H and O–H groups in total. The van der Waals surface area contributed by atoms with Crippen LogP contribution in [-0.2, 0) is 9.53 Å². The van der Waals surface area contributed by atoms with E-state index in [9.17, 15) is 4.79 Å². The van der Waals surface area contributed by atoms with E-state index >= 15 is 0 Å². The monoisotopic (exact) mass is 342 g/mol. The number of piperazine rings is 1. The van der Waals surface area contributed by atoms with Crippen molar-refractivity contribution in [2.24, 2.45) is 0 Å². The Morgan fingerprint density at radius 2 is 1.92 bits per heavy atom. The fraction of sp³-hybridized carbons (Fsp3) is 0.500. The van der Waals surface area contributed by atoms with Gasteiger partial charge in [0.15, 0.2) is 0 Å². The zero-order chi connectivity index (χ0) is 17.2. The molecule has 0 aliphatic carbocycles. The van der Waals surface area contributed by atoms with Gasteiger partial charge in [-0.2, -0.15) is 4.98 Å². The molecule has 0 spiro atoms. The molecule has 132 valence electrons. The number of aryl methyl sites for hydroxylation is 1. The molecule has 2 fully saturated rings. The Bertz CT molecular complexity index is 729. The summed E-state index contributed by atoms with van der Waals surface area (Å²) in [4.78, 5) is 20.8. The van der Waals surface area contributed by atoms with Crippen LogP contribution in [0.5, 0.6) is 0 Å². The first-order valence-corrected chi connectivity index (χ1v) is 8.77. The second-order valence-electron chi connectivity index (χ2n) is 6.58. The maximum absolute atomic E-state index is 12.4. The van der Waals surface area contributed by atoms with Crippen LogP contribution in [0, 0.1) is 6.92 Å². The second-order valence-corrected chi connectivity index (χ2v) is 6.58. The molecule has 0 saturated carbocycles. The Labute approximate surface area is 146 Å². The van der Waals surface area contributed by atoms with Gasteiger partial charge in [0.25, 0.3) is 5.91 Å². The molecule has 1 aromatic heterocycles. The SMILES string of the molecule is Cc1ccc(-c2noc(N3CCN(C(=O)[C@@H]4CCCO4)CC3)n2)cc1. The number of nitrogens with zero attached hydrogens (tertiary/aromatic N) is 4. The highest BCUT2D eigenvalue weighted by Gasteiger charge is 2.31. The van der Waals surface area contributed by atoms with Crippen molar-refractivity contribution in [2.75, 3.05) is 37.7 Å². The smallest absolute Gasteiger partial charge is 0.324 e. The molecule has 2 aromatic rings. The van der Waals surface area contributed by atoms with Gasteiger partial charge in [0.1, 0.15) is 6.10 Å². The largest absolute Gasteiger partial charge is 0.368 e. The Morgan fingerprint density at radius 1 is 1.16 bits per heavy atom. The summed E-state index contributed by atoms with van der Waals surface area (Å²) in [7, 11) is 0. The molecule has 3 heterocycles. The van der Waals surface area contributed by atoms with Crippen molar-refractivity contribution in [1.82, 2.24) is 15.0 Å². The molecule has 7 nitrogen and oxygen atoms in total. The third-order valence-electron chi connectivity index (χ3n) is 4.79. The van der Waals surface area contributed by atoms with Crippen LogP contribution in [0.3, 0.4) is 0 Å². The van der Waals surface area contributed by atoms with E-state index in [4.69, 9.17) is 9.26 Å².